The van der Waals surface area contributed by atoms with Gasteiger partial charge in [-0.25, -0.2) is 9.92 Å². The minimum atomic E-state index is -0.294. The number of rotatable bonds is 2. The van der Waals surface area contributed by atoms with Crippen molar-refractivity contribution in [3.05, 3.63) is 35.6 Å². The lowest BCUT2D eigenvalue weighted by molar-refractivity contribution is 0.627. The number of amidine groups is 1. The number of hydrogen-bond donors (Lipinski definition) is 2. The number of halogens is 1. The van der Waals surface area contributed by atoms with E-state index in [9.17, 15) is 4.39 Å². The van der Waals surface area contributed by atoms with Crippen molar-refractivity contribution in [2.24, 2.45) is 16.1 Å². The minimum absolute atomic E-state index is 0.214. The average molecular weight is 180 g/mol. The average Bonchev–Trinajstić information content (AvgIpc) is 2.17. The van der Waals surface area contributed by atoms with Gasteiger partial charge in [0.05, 0.1) is 0 Å². The highest BCUT2D eigenvalue weighted by Gasteiger charge is 1.99. The van der Waals surface area contributed by atoms with Gasteiger partial charge in [-0.05, 0) is 17.7 Å². The molecule has 3 N–H and O–H groups in total. The summed E-state index contributed by atoms with van der Waals surface area (Å²) in [6, 6.07) is 5.89. The molecule has 0 aromatic heterocycles. The zero-order valence-electron chi connectivity index (χ0n) is 6.87. The molecule has 5 heteroatoms. The van der Waals surface area contributed by atoms with E-state index >= 15 is 0 Å². The van der Waals surface area contributed by atoms with Crippen LogP contribution in [-0.2, 0) is 6.42 Å². The topological polar surface area (TPSA) is 74.6 Å². The smallest absolute Gasteiger partial charge is 0.174 e. The van der Waals surface area contributed by atoms with E-state index in [4.69, 9.17) is 11.4 Å². The Morgan fingerprint density at radius 1 is 1.38 bits per heavy atom. The van der Waals surface area contributed by atoms with Gasteiger partial charge in [0.15, 0.2) is 5.84 Å². The Kier molecular flexibility index (Phi) is 3.08. The molecule has 1 rings (SSSR count). The van der Waals surface area contributed by atoms with Crippen molar-refractivity contribution in [2.75, 3.05) is 0 Å². The third-order valence-corrected chi connectivity index (χ3v) is 1.55. The summed E-state index contributed by atoms with van der Waals surface area (Å²) in [5.74, 6) is 4.88. The number of nitrogens with one attached hydrogen (secondary N) is 1. The zero-order chi connectivity index (χ0) is 9.68. The highest BCUT2D eigenvalue weighted by Crippen LogP contribution is 2.04. The van der Waals surface area contributed by atoms with Crippen LogP contribution in [0, 0.1) is 11.3 Å². The van der Waals surface area contributed by atoms with Crippen LogP contribution >= 0.6 is 0 Å². The number of hydrogen-bond acceptors (Lipinski definition) is 3. The second-order valence-electron chi connectivity index (χ2n) is 2.46. The molecule has 0 aliphatic rings. The van der Waals surface area contributed by atoms with E-state index in [1.807, 2.05) is 0 Å². The highest BCUT2D eigenvalue weighted by molar-refractivity contribution is 5.84. The van der Waals surface area contributed by atoms with Gasteiger partial charge in [-0.15, -0.1) is 5.11 Å². The fourth-order valence-corrected chi connectivity index (χ4v) is 0.899. The molecule has 0 bridgehead atoms. The molecule has 0 atom stereocenters. The van der Waals surface area contributed by atoms with Gasteiger partial charge in [-0.2, -0.15) is 5.10 Å². The summed E-state index contributed by atoms with van der Waals surface area (Å²) in [5, 5.41) is 6.40. The Morgan fingerprint density at radius 2 is 2.00 bits per heavy atom. The van der Waals surface area contributed by atoms with E-state index in [0.717, 1.165) is 5.56 Å². The van der Waals surface area contributed by atoms with E-state index in [2.05, 4.69) is 10.2 Å². The first kappa shape index (κ1) is 9.31. The molecule has 0 amide bonds. The lowest BCUT2D eigenvalue weighted by atomic mass is 10.1. The van der Waals surface area contributed by atoms with Crippen LogP contribution in [0.25, 0.3) is 0 Å². The predicted octanol–water partition coefficient (Wildman–Crippen LogP) is 1.67. The molecular weight excluding hydrogens is 171 g/mol. The summed E-state index contributed by atoms with van der Waals surface area (Å²) < 4.78 is 12.5. The van der Waals surface area contributed by atoms with Crippen LogP contribution in [0.5, 0.6) is 0 Å². The summed E-state index contributed by atoms with van der Waals surface area (Å²) in [6.07, 6.45) is 0.347. The lowest BCUT2D eigenvalue weighted by Gasteiger charge is -1.97. The fraction of sp³-hybridized carbons (Fsp3) is 0.125. The molecule has 0 aliphatic carbocycles. The first-order valence-electron chi connectivity index (χ1n) is 3.65. The third kappa shape index (κ3) is 2.62. The van der Waals surface area contributed by atoms with Crippen molar-refractivity contribution < 1.29 is 4.39 Å². The molecule has 0 spiro atoms. The normalized spacial score (nSPS) is 11.3. The number of nitrogens with zero attached hydrogens (tertiary/aromatic N) is 2. The Bertz CT molecular complexity index is 317. The van der Waals surface area contributed by atoms with E-state index in [1.165, 1.54) is 12.1 Å². The summed E-state index contributed by atoms with van der Waals surface area (Å²) in [7, 11) is 0. The van der Waals surface area contributed by atoms with Gasteiger partial charge in [0.1, 0.15) is 5.82 Å². The van der Waals surface area contributed by atoms with Gasteiger partial charge >= 0.3 is 0 Å². The van der Waals surface area contributed by atoms with Crippen LogP contribution in [0.1, 0.15) is 5.56 Å². The summed E-state index contributed by atoms with van der Waals surface area (Å²) in [5.41, 5.74) is 7.51. The second kappa shape index (κ2) is 4.30. The zero-order valence-corrected chi connectivity index (χ0v) is 6.87. The summed E-state index contributed by atoms with van der Waals surface area (Å²) in [6.45, 7) is 0. The minimum Gasteiger partial charge on any atom is -0.321 e. The molecule has 0 saturated heterocycles. The van der Waals surface area contributed by atoms with Crippen LogP contribution in [0.2, 0.25) is 0 Å². The molecule has 0 radical (unpaired) electrons. The molecule has 0 heterocycles. The van der Waals surface area contributed by atoms with Crippen molar-refractivity contribution in [2.45, 2.75) is 6.42 Å². The maximum Gasteiger partial charge on any atom is 0.174 e. The van der Waals surface area contributed by atoms with Crippen LogP contribution < -0.4 is 5.84 Å². The van der Waals surface area contributed by atoms with Crippen LogP contribution in [0.3, 0.4) is 0 Å². The van der Waals surface area contributed by atoms with Crippen molar-refractivity contribution in [3.63, 3.8) is 0 Å². The molecule has 4 nitrogen and oxygen atoms in total. The third-order valence-electron chi connectivity index (χ3n) is 1.55. The Hall–Kier alpha value is -1.78. The van der Waals surface area contributed by atoms with E-state index in [1.54, 1.807) is 12.1 Å². The van der Waals surface area contributed by atoms with E-state index < -0.39 is 0 Å². The van der Waals surface area contributed by atoms with Crippen molar-refractivity contribution in [1.82, 2.24) is 0 Å². The van der Waals surface area contributed by atoms with Gasteiger partial charge in [0.2, 0.25) is 0 Å². The summed E-state index contributed by atoms with van der Waals surface area (Å²) >= 11 is 0. The van der Waals surface area contributed by atoms with Gasteiger partial charge in [0, 0.05) is 6.42 Å². The fourth-order valence-electron chi connectivity index (χ4n) is 0.899. The molecule has 13 heavy (non-hydrogen) atoms. The van der Waals surface area contributed by atoms with Crippen LogP contribution in [0.15, 0.2) is 34.5 Å². The van der Waals surface area contributed by atoms with E-state index in [0.29, 0.717) is 6.42 Å². The lowest BCUT2D eigenvalue weighted by Crippen LogP contribution is -2.02. The van der Waals surface area contributed by atoms with Crippen molar-refractivity contribution in [3.8, 4) is 0 Å². The number of hydrazone groups is 1. The molecule has 68 valence electrons. The SMILES string of the molecule is N=N/C(Cc1ccc(F)cc1)=N\N. The molecule has 0 unspecified atom stereocenters. The van der Waals surface area contributed by atoms with Crippen LogP contribution in [0.4, 0.5) is 4.39 Å². The molecule has 0 fully saturated rings. The maximum absolute atomic E-state index is 12.5. The monoisotopic (exact) mass is 180 g/mol. The molecular formula is C8H9FN4. The molecule has 1 aromatic carbocycles. The van der Waals surface area contributed by atoms with Gasteiger partial charge < -0.3 is 5.84 Å². The number of nitrogens with two attached hydrogens (primary N) is 1. The summed E-state index contributed by atoms with van der Waals surface area (Å²) in [4.78, 5) is 0. The van der Waals surface area contributed by atoms with Gasteiger partial charge in [0.25, 0.3) is 0 Å². The predicted molar refractivity (Wildman–Crippen MR) is 46.9 cm³/mol. The molecule has 0 aliphatic heterocycles. The molecule has 1 aromatic rings. The highest BCUT2D eigenvalue weighted by atomic mass is 19.1. The van der Waals surface area contributed by atoms with Gasteiger partial charge in [-0.3, -0.25) is 0 Å². The first-order chi connectivity index (χ1) is 6.26. The maximum atomic E-state index is 12.5. The Morgan fingerprint density at radius 3 is 2.46 bits per heavy atom. The van der Waals surface area contributed by atoms with Crippen LogP contribution in [-0.4, -0.2) is 5.84 Å². The number of benzene rings is 1. The largest absolute Gasteiger partial charge is 0.321 e. The quantitative estimate of drug-likeness (QED) is 0.234. The standard InChI is InChI=1S/C8H9FN4/c9-7-3-1-6(2-4-7)5-8(12-10)13-11/h1-4,10H,5,11H2/b12-10?,13-8-. The van der Waals surface area contributed by atoms with Gasteiger partial charge in [-0.1, -0.05) is 12.1 Å². The van der Waals surface area contributed by atoms with E-state index in [-0.39, 0.29) is 11.7 Å². The Balaban J connectivity index is 2.74. The second-order valence-corrected chi connectivity index (χ2v) is 2.46. The van der Waals surface area contributed by atoms with Crippen molar-refractivity contribution in [1.29, 1.82) is 5.53 Å². The molecule has 0 saturated carbocycles. The first-order valence-corrected chi connectivity index (χ1v) is 3.65. The Labute approximate surface area is 74.8 Å². The van der Waals surface area contributed by atoms with Crippen molar-refractivity contribution >= 4 is 5.84 Å².